The zero-order chi connectivity index (χ0) is 16.5. The smallest absolute Gasteiger partial charge is 0.317 e. The zero-order valence-corrected chi connectivity index (χ0v) is 13.4. The van der Waals surface area contributed by atoms with Gasteiger partial charge in [-0.3, -0.25) is 4.79 Å². The second-order valence-electron chi connectivity index (χ2n) is 6.35. The predicted molar refractivity (Wildman–Crippen MR) is 86.1 cm³/mol. The van der Waals surface area contributed by atoms with Crippen molar-refractivity contribution in [2.24, 2.45) is 0 Å². The number of ether oxygens (including phenoxy) is 2. The van der Waals surface area contributed by atoms with Crippen LogP contribution in [0.25, 0.3) is 0 Å². The summed E-state index contributed by atoms with van der Waals surface area (Å²) in [5, 5.41) is 2.83. The van der Waals surface area contributed by atoms with Crippen LogP contribution >= 0.6 is 0 Å². The van der Waals surface area contributed by atoms with E-state index in [2.05, 4.69) is 5.32 Å². The van der Waals surface area contributed by atoms with Crippen LogP contribution in [0.1, 0.15) is 12.8 Å². The average molecular weight is 331 g/mol. The Kier molecular flexibility index (Phi) is 3.92. The third-order valence-electron chi connectivity index (χ3n) is 4.89. The maximum atomic E-state index is 12.7. The number of para-hydroxylation sites is 2. The van der Waals surface area contributed by atoms with E-state index >= 15 is 0 Å². The minimum atomic E-state index is -0.591. The van der Waals surface area contributed by atoms with E-state index in [9.17, 15) is 9.59 Å². The van der Waals surface area contributed by atoms with E-state index in [1.54, 1.807) is 0 Å². The summed E-state index contributed by atoms with van der Waals surface area (Å²) in [4.78, 5) is 28.1. The van der Waals surface area contributed by atoms with Gasteiger partial charge < -0.3 is 24.6 Å². The van der Waals surface area contributed by atoms with Crippen LogP contribution in [0.15, 0.2) is 24.3 Å². The predicted octanol–water partition coefficient (Wildman–Crippen LogP) is 0.843. The van der Waals surface area contributed by atoms with Crippen LogP contribution in [0, 0.1) is 0 Å². The Morgan fingerprint density at radius 3 is 2.58 bits per heavy atom. The van der Waals surface area contributed by atoms with Crippen LogP contribution in [0.2, 0.25) is 0 Å². The third-order valence-corrected chi connectivity index (χ3v) is 4.89. The van der Waals surface area contributed by atoms with Crippen LogP contribution in [0.3, 0.4) is 0 Å². The van der Waals surface area contributed by atoms with Crippen LogP contribution in [-0.4, -0.2) is 66.7 Å². The van der Waals surface area contributed by atoms with Crippen molar-refractivity contribution < 1.29 is 19.1 Å². The Balaban J connectivity index is 1.34. The van der Waals surface area contributed by atoms with Gasteiger partial charge in [0.1, 0.15) is 6.61 Å². The number of hydrogen-bond acceptors (Lipinski definition) is 4. The number of fused-ring (bicyclic) bond motifs is 1. The van der Waals surface area contributed by atoms with E-state index in [1.807, 2.05) is 34.1 Å². The van der Waals surface area contributed by atoms with Crippen LogP contribution in [0.5, 0.6) is 11.5 Å². The van der Waals surface area contributed by atoms with Crippen molar-refractivity contribution >= 4 is 11.9 Å². The largest absolute Gasteiger partial charge is 0.485 e. The summed E-state index contributed by atoms with van der Waals surface area (Å²) in [6.07, 6.45) is 1.03. The first-order valence-electron chi connectivity index (χ1n) is 8.44. The molecule has 3 amide bonds. The number of nitrogens with zero attached hydrogens (tertiary/aromatic N) is 2. The summed E-state index contributed by atoms with van der Waals surface area (Å²) in [6, 6.07) is 7.63. The highest BCUT2D eigenvalue weighted by Gasteiger charge is 2.35. The number of amides is 3. The highest BCUT2D eigenvalue weighted by molar-refractivity contribution is 5.82. The monoisotopic (exact) mass is 331 g/mol. The van der Waals surface area contributed by atoms with Gasteiger partial charge in [-0.1, -0.05) is 12.1 Å². The number of carbonyl (C=O) groups is 2. The van der Waals surface area contributed by atoms with Crippen molar-refractivity contribution in [3.05, 3.63) is 24.3 Å². The third kappa shape index (κ3) is 2.74. The molecule has 2 fully saturated rings. The first kappa shape index (κ1) is 15.1. The van der Waals surface area contributed by atoms with Gasteiger partial charge >= 0.3 is 6.03 Å². The summed E-state index contributed by atoms with van der Waals surface area (Å²) in [5.74, 6) is 1.26. The molecule has 128 valence electrons. The van der Waals surface area contributed by atoms with Crippen molar-refractivity contribution in [3.8, 4) is 11.5 Å². The quantitative estimate of drug-likeness (QED) is 0.872. The zero-order valence-electron chi connectivity index (χ0n) is 13.4. The van der Waals surface area contributed by atoms with Gasteiger partial charge in [0.2, 0.25) is 6.10 Å². The molecule has 4 rings (SSSR count). The lowest BCUT2D eigenvalue weighted by molar-refractivity contribution is -0.142. The Labute approximate surface area is 140 Å². The van der Waals surface area contributed by atoms with Crippen molar-refractivity contribution in [1.29, 1.82) is 0 Å². The number of piperidine rings is 1. The summed E-state index contributed by atoms with van der Waals surface area (Å²) < 4.78 is 11.4. The molecule has 0 aromatic heterocycles. The molecule has 1 aromatic carbocycles. The SMILES string of the molecule is O=C([C@@H]1COc2ccccc2O1)N1CCC(N2CCNC2=O)CC1. The van der Waals surface area contributed by atoms with Gasteiger partial charge in [-0.05, 0) is 25.0 Å². The maximum absolute atomic E-state index is 12.7. The molecule has 7 nitrogen and oxygen atoms in total. The van der Waals surface area contributed by atoms with E-state index < -0.39 is 6.10 Å². The highest BCUT2D eigenvalue weighted by atomic mass is 16.6. The fourth-order valence-corrected chi connectivity index (χ4v) is 3.58. The Morgan fingerprint density at radius 2 is 1.88 bits per heavy atom. The number of nitrogens with one attached hydrogen (secondary N) is 1. The lowest BCUT2D eigenvalue weighted by atomic mass is 10.0. The second kappa shape index (κ2) is 6.22. The molecule has 3 heterocycles. The number of benzene rings is 1. The molecule has 1 aromatic rings. The molecule has 1 N–H and O–H groups in total. The van der Waals surface area contributed by atoms with Gasteiger partial charge in [0.05, 0.1) is 0 Å². The molecule has 0 aliphatic carbocycles. The minimum Gasteiger partial charge on any atom is -0.485 e. The molecular formula is C17H21N3O4. The second-order valence-corrected chi connectivity index (χ2v) is 6.35. The minimum absolute atomic E-state index is 0.0143. The average Bonchev–Trinajstić information content (AvgIpc) is 3.07. The summed E-state index contributed by atoms with van der Waals surface area (Å²) in [7, 11) is 0. The van der Waals surface area contributed by atoms with Gasteiger partial charge in [0.25, 0.3) is 5.91 Å². The van der Waals surface area contributed by atoms with Gasteiger partial charge in [-0.2, -0.15) is 0 Å². The number of urea groups is 1. The number of hydrogen-bond donors (Lipinski definition) is 1. The number of rotatable bonds is 2. The molecule has 24 heavy (non-hydrogen) atoms. The first-order valence-corrected chi connectivity index (χ1v) is 8.44. The number of carbonyl (C=O) groups excluding carboxylic acids is 2. The lowest BCUT2D eigenvalue weighted by Gasteiger charge is -2.38. The molecule has 3 aliphatic heterocycles. The normalized spacial score (nSPS) is 24.0. The fourth-order valence-electron chi connectivity index (χ4n) is 3.58. The summed E-state index contributed by atoms with van der Waals surface area (Å²) in [6.45, 7) is 3.01. The fraction of sp³-hybridized carbons (Fsp3) is 0.529. The molecular weight excluding hydrogens is 310 g/mol. The van der Waals surface area contributed by atoms with Gasteiger partial charge in [0.15, 0.2) is 11.5 Å². The van der Waals surface area contributed by atoms with Crippen molar-refractivity contribution in [2.75, 3.05) is 32.8 Å². The highest BCUT2D eigenvalue weighted by Crippen LogP contribution is 2.31. The molecule has 0 radical (unpaired) electrons. The molecule has 7 heteroatoms. The van der Waals surface area contributed by atoms with E-state index in [0.717, 1.165) is 19.4 Å². The Hall–Kier alpha value is -2.44. The molecule has 0 unspecified atom stereocenters. The van der Waals surface area contributed by atoms with Gasteiger partial charge in [-0.15, -0.1) is 0 Å². The molecule has 1 atom stereocenters. The van der Waals surface area contributed by atoms with E-state index in [4.69, 9.17) is 9.47 Å². The molecule has 0 saturated carbocycles. The molecule has 0 bridgehead atoms. The maximum Gasteiger partial charge on any atom is 0.317 e. The Bertz CT molecular complexity index is 642. The lowest BCUT2D eigenvalue weighted by Crippen LogP contribution is -2.52. The van der Waals surface area contributed by atoms with Gasteiger partial charge in [-0.25, -0.2) is 4.79 Å². The topological polar surface area (TPSA) is 71.1 Å². The number of likely N-dealkylation sites (tertiary alicyclic amines) is 1. The first-order chi connectivity index (χ1) is 11.7. The Morgan fingerprint density at radius 1 is 1.12 bits per heavy atom. The van der Waals surface area contributed by atoms with Crippen LogP contribution in [0.4, 0.5) is 4.79 Å². The van der Waals surface area contributed by atoms with Crippen LogP contribution in [-0.2, 0) is 4.79 Å². The van der Waals surface area contributed by atoms with Crippen molar-refractivity contribution in [3.63, 3.8) is 0 Å². The summed E-state index contributed by atoms with van der Waals surface area (Å²) >= 11 is 0. The van der Waals surface area contributed by atoms with E-state index in [1.165, 1.54) is 0 Å². The van der Waals surface area contributed by atoms with Crippen LogP contribution < -0.4 is 14.8 Å². The molecule has 3 aliphatic rings. The summed E-state index contributed by atoms with van der Waals surface area (Å²) in [5.41, 5.74) is 0. The van der Waals surface area contributed by atoms with Crippen molar-refractivity contribution in [2.45, 2.75) is 25.0 Å². The van der Waals surface area contributed by atoms with Gasteiger partial charge in [0, 0.05) is 32.2 Å². The molecule has 0 spiro atoms. The van der Waals surface area contributed by atoms with E-state index in [0.29, 0.717) is 31.1 Å². The standard InChI is InChI=1S/C17H21N3O4/c21-16(15-11-23-13-3-1-2-4-14(13)24-15)19-8-5-12(6-9-19)20-10-7-18-17(20)22/h1-4,12,15H,5-11H2,(H,18,22)/t15-/m0/s1. The van der Waals surface area contributed by atoms with Crippen molar-refractivity contribution in [1.82, 2.24) is 15.1 Å². The van der Waals surface area contributed by atoms with E-state index in [-0.39, 0.29) is 24.6 Å². The molecule has 2 saturated heterocycles.